The van der Waals surface area contributed by atoms with Gasteiger partial charge in [0.05, 0.1) is 23.1 Å². The predicted molar refractivity (Wildman–Crippen MR) is 196 cm³/mol. The first-order valence-corrected chi connectivity index (χ1v) is 19.5. The van der Waals surface area contributed by atoms with Crippen LogP contribution in [0.1, 0.15) is 58.6 Å². The number of nitrogens with one attached hydrogen (secondary N) is 1. The molecule has 0 radical (unpaired) electrons. The first-order valence-electron chi connectivity index (χ1n) is 18.0. The van der Waals surface area contributed by atoms with Crippen LogP contribution in [-0.2, 0) is 45.9 Å². The highest BCUT2D eigenvalue weighted by Crippen LogP contribution is 2.76. The molecule has 0 aromatic heterocycles. The summed E-state index contributed by atoms with van der Waals surface area (Å²) >= 11 is 0. The first-order chi connectivity index (χ1) is 25.9. The van der Waals surface area contributed by atoms with Gasteiger partial charge in [0.1, 0.15) is 23.2 Å². The summed E-state index contributed by atoms with van der Waals surface area (Å²) in [6, 6.07) is 14.8. The number of benzene rings is 3. The van der Waals surface area contributed by atoms with Crippen molar-refractivity contribution in [3.8, 4) is 5.75 Å². The van der Waals surface area contributed by atoms with Crippen molar-refractivity contribution in [2.45, 2.75) is 93.3 Å². The normalized spacial score (nSPS) is 30.5. The van der Waals surface area contributed by atoms with Gasteiger partial charge in [-0.2, -0.15) is 0 Å². The molecule has 1 N–H and O–H groups in total. The van der Waals surface area contributed by atoms with E-state index in [1.54, 1.807) is 70.2 Å². The number of amides is 3. The number of nitro groups is 1. The molecule has 0 aliphatic carbocycles. The minimum absolute atomic E-state index is 0.00818. The number of anilines is 1. The van der Waals surface area contributed by atoms with E-state index in [-0.39, 0.29) is 30.8 Å². The Balaban J connectivity index is 1.52. The largest absolute Gasteiger partial charge is 0.497 e. The van der Waals surface area contributed by atoms with E-state index in [9.17, 15) is 14.9 Å². The van der Waals surface area contributed by atoms with Crippen LogP contribution in [0.5, 0.6) is 5.75 Å². The number of carbonyl (C=O) groups excluding carboxylic acids is 4. The van der Waals surface area contributed by atoms with Crippen LogP contribution in [0.2, 0.25) is 0 Å². The number of likely N-dealkylation sites (tertiary alicyclic amines) is 1. The molecule has 3 aromatic rings. The number of rotatable bonds is 8. The number of fused-ring (bicyclic) bond motifs is 3. The maximum Gasteiger partial charge on any atom is 0.289 e. The fourth-order valence-corrected chi connectivity index (χ4v) is 12.2. The van der Waals surface area contributed by atoms with E-state index in [1.807, 2.05) is 0 Å². The monoisotopic (exact) mass is 771 g/mol. The molecule has 3 amide bonds. The number of hydrogen-bond donors (Lipinski definition) is 1. The summed E-state index contributed by atoms with van der Waals surface area (Å²) < 4.78 is 43.9. The molecule has 16 heteroatoms. The third-order valence-electron chi connectivity index (χ3n) is 12.1. The van der Waals surface area contributed by atoms with Gasteiger partial charge in [-0.05, 0) is 82.9 Å². The van der Waals surface area contributed by atoms with E-state index in [1.165, 1.54) is 35.1 Å². The maximum absolute atomic E-state index is 15.5. The molecule has 8 rings (SSSR count). The van der Waals surface area contributed by atoms with Gasteiger partial charge in [-0.1, -0.05) is 42.5 Å². The van der Waals surface area contributed by atoms with Crippen LogP contribution in [-0.4, -0.2) is 89.2 Å². The van der Waals surface area contributed by atoms with Crippen LogP contribution in [0.3, 0.4) is 0 Å². The summed E-state index contributed by atoms with van der Waals surface area (Å²) in [6.07, 6.45) is 0.521. The summed E-state index contributed by atoms with van der Waals surface area (Å²) in [4.78, 5) is 74.0. The minimum atomic E-state index is -5.04. The summed E-state index contributed by atoms with van der Waals surface area (Å²) in [6.45, 7) is 8.03. The molecule has 4 saturated heterocycles. The highest BCUT2D eigenvalue weighted by molar-refractivity contribution is 7.93. The zero-order chi connectivity index (χ0) is 39.7. The Morgan fingerprint density at radius 2 is 1.67 bits per heavy atom. The van der Waals surface area contributed by atoms with Gasteiger partial charge in [0, 0.05) is 24.7 Å². The number of sulfonamides is 1. The Morgan fingerprint density at radius 3 is 2.31 bits per heavy atom. The number of carbonyl (C=O) groups is 4. The summed E-state index contributed by atoms with van der Waals surface area (Å²) in [5.41, 5.74) is -8.90. The van der Waals surface area contributed by atoms with E-state index < -0.39 is 88.8 Å². The maximum atomic E-state index is 15.5. The van der Waals surface area contributed by atoms with Crippen molar-refractivity contribution in [3.63, 3.8) is 0 Å². The molecule has 4 fully saturated rings. The average Bonchev–Trinajstić information content (AvgIpc) is 3.71. The number of nitro benzene ring substituents is 1. The van der Waals surface area contributed by atoms with E-state index in [0.29, 0.717) is 17.7 Å². The second-order valence-corrected chi connectivity index (χ2v) is 18.0. The fourth-order valence-electron chi connectivity index (χ4n) is 10.3. The lowest BCUT2D eigenvalue weighted by atomic mass is 9.48. The third-order valence-corrected chi connectivity index (χ3v) is 13.9. The van der Waals surface area contributed by atoms with Crippen molar-refractivity contribution in [3.05, 3.63) is 94.0 Å². The summed E-state index contributed by atoms with van der Waals surface area (Å²) in [5.74, 6) is -2.27. The molecular formula is C39H41N5O10S. The number of ketones is 1. The number of hydrogen-bond acceptors (Lipinski definition) is 10. The van der Waals surface area contributed by atoms with Crippen LogP contribution in [0.25, 0.3) is 0 Å². The van der Waals surface area contributed by atoms with Crippen LogP contribution >= 0.6 is 0 Å². The molecule has 0 saturated carbocycles. The van der Waals surface area contributed by atoms with Gasteiger partial charge in [0.15, 0.2) is 16.4 Å². The van der Waals surface area contributed by atoms with Crippen LogP contribution < -0.4 is 14.4 Å². The molecule has 3 aromatic carbocycles. The van der Waals surface area contributed by atoms with E-state index in [0.717, 1.165) is 23.4 Å². The van der Waals surface area contributed by atoms with E-state index in [4.69, 9.17) is 9.47 Å². The van der Waals surface area contributed by atoms with Gasteiger partial charge in [0.25, 0.3) is 21.6 Å². The van der Waals surface area contributed by atoms with Crippen molar-refractivity contribution in [2.24, 2.45) is 5.41 Å². The predicted octanol–water partition coefficient (Wildman–Crippen LogP) is 3.44. The molecule has 0 unspecified atom stereocenters. The molecule has 288 valence electrons. The number of methoxy groups -OCH3 is 1. The molecule has 5 aliphatic heterocycles. The Morgan fingerprint density at radius 1 is 1.02 bits per heavy atom. The van der Waals surface area contributed by atoms with Crippen molar-refractivity contribution >= 4 is 44.9 Å². The minimum Gasteiger partial charge on any atom is -0.497 e. The zero-order valence-electron chi connectivity index (χ0n) is 31.2. The van der Waals surface area contributed by atoms with Gasteiger partial charge >= 0.3 is 0 Å². The number of ether oxygens (including phenoxy) is 2. The number of para-hydroxylation sites is 2. The molecule has 2 bridgehead atoms. The van der Waals surface area contributed by atoms with Crippen molar-refractivity contribution in [2.75, 3.05) is 18.0 Å². The Hall–Kier alpha value is -5.35. The first kappa shape index (κ1) is 36.6. The Labute approximate surface area is 317 Å². The lowest BCUT2D eigenvalue weighted by Gasteiger charge is -2.67. The Kier molecular flexibility index (Phi) is 7.71. The lowest BCUT2D eigenvalue weighted by Crippen LogP contribution is -2.87. The number of Topliss-reactive ketones (excluding diaryl/α,β-unsaturated/α-hetero) is 1. The second-order valence-electron chi connectivity index (χ2n) is 16.2. The van der Waals surface area contributed by atoms with Gasteiger partial charge in [-0.25, -0.2) is 8.42 Å². The van der Waals surface area contributed by atoms with Gasteiger partial charge in [-0.3, -0.25) is 33.6 Å². The van der Waals surface area contributed by atoms with Crippen LogP contribution in [0.4, 0.5) is 11.4 Å². The van der Waals surface area contributed by atoms with Crippen LogP contribution in [0, 0.1) is 15.5 Å². The number of nitrogens with zero attached hydrogens (tertiary/aromatic N) is 4. The average molecular weight is 772 g/mol. The van der Waals surface area contributed by atoms with Gasteiger partial charge in [-0.15, -0.1) is 0 Å². The highest BCUT2D eigenvalue weighted by Gasteiger charge is 2.96. The van der Waals surface area contributed by atoms with Crippen molar-refractivity contribution in [1.29, 1.82) is 0 Å². The molecule has 5 heterocycles. The second kappa shape index (κ2) is 11.6. The van der Waals surface area contributed by atoms with E-state index >= 15 is 22.8 Å². The summed E-state index contributed by atoms with van der Waals surface area (Å²) in [5, 5.41) is 15.4. The SMILES string of the molecule is COc1ccc(CN2C(=O)[C@@]3(C)CCCN4C(=O)[C@]5(C(C)=O)O[C@@]43[C@@]3(c4ccccc4N(S(=O)(=O)c4ccccc4[N+](=O)[O-])[C@H]53)[C@H]2C(=O)NC(C)(C)C)cc1. The zero-order valence-corrected chi connectivity index (χ0v) is 32.0. The van der Waals surface area contributed by atoms with E-state index in [2.05, 4.69) is 5.32 Å². The molecule has 2 spiro atoms. The van der Waals surface area contributed by atoms with Crippen molar-refractivity contribution < 1.29 is 42.0 Å². The Bertz CT molecular complexity index is 2330. The van der Waals surface area contributed by atoms with Crippen LogP contribution in [0.15, 0.2) is 77.7 Å². The molecule has 6 atom stereocenters. The molecule has 5 aliphatic rings. The third kappa shape index (κ3) is 4.31. The quantitative estimate of drug-likeness (QED) is 0.202. The van der Waals surface area contributed by atoms with Gasteiger partial charge in [0.2, 0.25) is 17.4 Å². The fraction of sp³-hybridized carbons (Fsp3) is 0.436. The number of piperidine rings is 3. The van der Waals surface area contributed by atoms with Gasteiger partial charge < -0.3 is 24.6 Å². The molecule has 55 heavy (non-hydrogen) atoms. The van der Waals surface area contributed by atoms with Crippen molar-refractivity contribution in [1.82, 2.24) is 15.1 Å². The summed E-state index contributed by atoms with van der Waals surface area (Å²) in [7, 11) is -3.52. The highest BCUT2D eigenvalue weighted by atomic mass is 32.2. The smallest absolute Gasteiger partial charge is 0.289 e. The lowest BCUT2D eigenvalue weighted by molar-refractivity contribution is -0.387. The molecule has 15 nitrogen and oxygen atoms in total. The molecular weight excluding hydrogens is 731 g/mol. The topological polar surface area (TPSA) is 186 Å². The standard InChI is InChI=1S/C39H41N5O10S/c1-23(45)38-32-37(26-12-7-8-13-27(26)43(32)55(51,52)29-15-10-9-14-28(29)44(49)50)30(31(46)40-35(2,3)4)41(22-24-16-18-25(53-6)19-17-24)33(47)36(5)20-11-21-42(34(38)48)39(36,37)54-38/h7-10,12-19,30,32H,11,20-22H2,1-6H3,(H,40,46)/t30-,32+,36-,37+,38-,39+/m1/s1.